The summed E-state index contributed by atoms with van der Waals surface area (Å²) in [6, 6.07) is 2.24. The normalized spacial score (nSPS) is 13.0. The number of carbonyl (C=O) groups excluding carboxylic acids is 3. The van der Waals surface area contributed by atoms with Crippen LogP contribution in [0, 0.1) is 11.6 Å². The summed E-state index contributed by atoms with van der Waals surface area (Å²) in [5, 5.41) is 4.96. The number of benzene rings is 1. The number of nitrogens with two attached hydrogens (primary N) is 1. The summed E-state index contributed by atoms with van der Waals surface area (Å²) < 4.78 is 26.0. The Bertz CT molecular complexity index is 581. The predicted octanol–water partition coefficient (Wildman–Crippen LogP) is 0.392. The summed E-state index contributed by atoms with van der Waals surface area (Å²) in [4.78, 5) is 33.3. The average Bonchev–Trinajstić information content (AvgIpc) is 2.46. The molecule has 3 amide bonds. The lowest BCUT2D eigenvalue weighted by Gasteiger charge is -2.19. The molecule has 0 aliphatic carbocycles. The van der Waals surface area contributed by atoms with Crippen molar-refractivity contribution in [1.82, 2.24) is 10.6 Å². The molecule has 0 saturated carbocycles. The largest absolute Gasteiger partial charge is 0.370 e. The molecule has 0 aliphatic rings. The second-order valence-electron chi connectivity index (χ2n) is 5.20. The fourth-order valence-corrected chi connectivity index (χ4v) is 2.07. The molecule has 0 aliphatic heterocycles. The van der Waals surface area contributed by atoms with Crippen molar-refractivity contribution in [2.24, 2.45) is 5.73 Å². The van der Waals surface area contributed by atoms with Gasteiger partial charge in [-0.3, -0.25) is 14.4 Å². The zero-order chi connectivity index (χ0) is 17.4. The van der Waals surface area contributed by atoms with Crippen molar-refractivity contribution in [1.29, 1.82) is 0 Å². The zero-order valence-corrected chi connectivity index (χ0v) is 12.6. The van der Waals surface area contributed by atoms with Gasteiger partial charge in [0.15, 0.2) is 11.6 Å². The maximum Gasteiger partial charge on any atom is 0.242 e. The lowest BCUT2D eigenvalue weighted by atomic mass is 10.1. The van der Waals surface area contributed by atoms with E-state index in [0.717, 1.165) is 12.1 Å². The molecule has 0 radical (unpaired) electrons. The Hall–Kier alpha value is -2.51. The first-order chi connectivity index (χ1) is 10.8. The minimum absolute atomic E-state index is 0.0452. The molecule has 4 N–H and O–H groups in total. The van der Waals surface area contributed by atoms with Gasteiger partial charge in [0.25, 0.3) is 0 Å². The lowest BCUT2D eigenvalue weighted by Crippen LogP contribution is -2.47. The molecular formula is C15H19F2N3O3. The first kappa shape index (κ1) is 18.5. The topological polar surface area (TPSA) is 101 Å². The Labute approximate surface area is 132 Å². The Morgan fingerprint density at radius 2 is 2.00 bits per heavy atom. The van der Waals surface area contributed by atoms with E-state index in [2.05, 4.69) is 10.6 Å². The molecule has 0 saturated heterocycles. The molecule has 1 rings (SSSR count). The molecule has 1 aromatic carbocycles. The van der Waals surface area contributed by atoms with E-state index in [1.807, 2.05) is 0 Å². The smallest absolute Gasteiger partial charge is 0.242 e. The van der Waals surface area contributed by atoms with Crippen molar-refractivity contribution in [3.05, 3.63) is 35.4 Å². The number of amides is 3. The SMILES string of the molecule is CC(Cc1ccc(F)c(F)c1)NC(=O)C(CCC(N)=O)NC=O. The van der Waals surface area contributed by atoms with Gasteiger partial charge in [0.05, 0.1) is 0 Å². The maximum absolute atomic E-state index is 13.1. The molecule has 0 bridgehead atoms. The fraction of sp³-hybridized carbons (Fsp3) is 0.400. The summed E-state index contributed by atoms with van der Waals surface area (Å²) in [6.45, 7) is 1.69. The third-order valence-corrected chi connectivity index (χ3v) is 3.18. The van der Waals surface area contributed by atoms with Crippen LogP contribution in [0.4, 0.5) is 8.78 Å². The van der Waals surface area contributed by atoms with Gasteiger partial charge in [-0.1, -0.05) is 6.07 Å². The van der Waals surface area contributed by atoms with Crippen LogP contribution in [0.1, 0.15) is 25.3 Å². The summed E-state index contributed by atoms with van der Waals surface area (Å²) >= 11 is 0. The van der Waals surface area contributed by atoms with Gasteiger partial charge in [-0.05, 0) is 37.5 Å². The van der Waals surface area contributed by atoms with E-state index < -0.39 is 29.5 Å². The van der Waals surface area contributed by atoms with E-state index in [1.54, 1.807) is 6.92 Å². The van der Waals surface area contributed by atoms with Gasteiger partial charge >= 0.3 is 0 Å². The molecule has 23 heavy (non-hydrogen) atoms. The van der Waals surface area contributed by atoms with Crippen molar-refractivity contribution in [2.75, 3.05) is 0 Å². The minimum Gasteiger partial charge on any atom is -0.370 e. The Morgan fingerprint density at radius 1 is 1.30 bits per heavy atom. The summed E-state index contributed by atoms with van der Waals surface area (Å²) in [6.07, 6.45) is 0.687. The summed E-state index contributed by atoms with van der Waals surface area (Å²) in [5.74, 6) is -2.95. The minimum atomic E-state index is -0.956. The highest BCUT2D eigenvalue weighted by Gasteiger charge is 2.20. The number of halogens is 2. The molecule has 0 heterocycles. The second kappa shape index (κ2) is 8.82. The van der Waals surface area contributed by atoms with E-state index in [4.69, 9.17) is 5.73 Å². The Kier molecular flexibility index (Phi) is 7.11. The number of hydrogen-bond acceptors (Lipinski definition) is 3. The number of hydrogen-bond donors (Lipinski definition) is 3. The van der Waals surface area contributed by atoms with Gasteiger partial charge in [0.1, 0.15) is 6.04 Å². The molecule has 2 unspecified atom stereocenters. The van der Waals surface area contributed by atoms with Gasteiger partial charge in [0, 0.05) is 12.5 Å². The van der Waals surface area contributed by atoms with Gasteiger partial charge in [-0.2, -0.15) is 0 Å². The van der Waals surface area contributed by atoms with E-state index in [9.17, 15) is 23.2 Å². The van der Waals surface area contributed by atoms with E-state index in [-0.39, 0.29) is 25.3 Å². The monoisotopic (exact) mass is 327 g/mol. The molecule has 6 nitrogen and oxygen atoms in total. The van der Waals surface area contributed by atoms with E-state index >= 15 is 0 Å². The van der Waals surface area contributed by atoms with Crippen LogP contribution in [-0.4, -0.2) is 30.3 Å². The highest BCUT2D eigenvalue weighted by molar-refractivity contribution is 5.84. The molecule has 8 heteroatoms. The van der Waals surface area contributed by atoms with Gasteiger partial charge in [-0.15, -0.1) is 0 Å². The quantitative estimate of drug-likeness (QED) is 0.572. The molecule has 1 aromatic rings. The second-order valence-corrected chi connectivity index (χ2v) is 5.20. The van der Waals surface area contributed by atoms with E-state index in [1.165, 1.54) is 6.07 Å². The van der Waals surface area contributed by atoms with Crippen molar-refractivity contribution >= 4 is 18.2 Å². The van der Waals surface area contributed by atoms with Gasteiger partial charge < -0.3 is 16.4 Å². The third kappa shape index (κ3) is 6.41. The predicted molar refractivity (Wildman–Crippen MR) is 79.1 cm³/mol. The fourth-order valence-electron chi connectivity index (χ4n) is 2.07. The van der Waals surface area contributed by atoms with Crippen molar-refractivity contribution < 1.29 is 23.2 Å². The van der Waals surface area contributed by atoms with Crippen LogP contribution < -0.4 is 16.4 Å². The van der Waals surface area contributed by atoms with Crippen molar-refractivity contribution in [3.63, 3.8) is 0 Å². The van der Waals surface area contributed by atoms with Crippen molar-refractivity contribution in [3.8, 4) is 0 Å². The van der Waals surface area contributed by atoms with Gasteiger partial charge in [-0.25, -0.2) is 8.78 Å². The standard InChI is InChI=1S/C15H19F2N3O3/c1-9(6-10-2-3-11(16)12(17)7-10)20-15(23)13(19-8-21)4-5-14(18)22/h2-3,7-9,13H,4-6H2,1H3,(H2,18,22)(H,19,21)(H,20,23). The lowest BCUT2D eigenvalue weighted by molar-refractivity contribution is -0.126. The van der Waals surface area contributed by atoms with Crippen LogP contribution in [0.25, 0.3) is 0 Å². The molecule has 0 fully saturated rings. The zero-order valence-electron chi connectivity index (χ0n) is 12.6. The first-order valence-corrected chi connectivity index (χ1v) is 7.05. The molecular weight excluding hydrogens is 308 g/mol. The van der Waals surface area contributed by atoms with Crippen LogP contribution in [0.15, 0.2) is 18.2 Å². The number of rotatable bonds is 9. The average molecular weight is 327 g/mol. The number of carbonyl (C=O) groups is 3. The summed E-state index contributed by atoms with van der Waals surface area (Å²) in [7, 11) is 0. The summed E-state index contributed by atoms with van der Waals surface area (Å²) in [5.41, 5.74) is 5.54. The third-order valence-electron chi connectivity index (χ3n) is 3.18. The van der Waals surface area contributed by atoms with Crippen LogP contribution in [0.3, 0.4) is 0 Å². The van der Waals surface area contributed by atoms with Crippen LogP contribution in [0.2, 0.25) is 0 Å². The maximum atomic E-state index is 13.1. The van der Waals surface area contributed by atoms with E-state index in [0.29, 0.717) is 12.0 Å². The number of nitrogens with one attached hydrogen (secondary N) is 2. The van der Waals surface area contributed by atoms with Crippen LogP contribution in [0.5, 0.6) is 0 Å². The van der Waals surface area contributed by atoms with Crippen LogP contribution in [-0.2, 0) is 20.8 Å². The Balaban J connectivity index is 2.60. The molecule has 0 spiro atoms. The Morgan fingerprint density at radius 3 is 2.57 bits per heavy atom. The highest BCUT2D eigenvalue weighted by atomic mass is 19.2. The molecule has 126 valence electrons. The van der Waals surface area contributed by atoms with Crippen LogP contribution >= 0.6 is 0 Å². The molecule has 2 atom stereocenters. The highest BCUT2D eigenvalue weighted by Crippen LogP contribution is 2.10. The van der Waals surface area contributed by atoms with Crippen molar-refractivity contribution in [2.45, 2.75) is 38.3 Å². The van der Waals surface area contributed by atoms with Gasteiger partial charge in [0.2, 0.25) is 18.2 Å². The first-order valence-electron chi connectivity index (χ1n) is 7.05. The molecule has 0 aromatic heterocycles. The number of primary amides is 1.